The van der Waals surface area contributed by atoms with Crippen LogP contribution in [0.1, 0.15) is 5.56 Å². The molecule has 3 aromatic rings. The van der Waals surface area contributed by atoms with Gasteiger partial charge in [0.15, 0.2) is 5.82 Å². The number of pyridine rings is 1. The van der Waals surface area contributed by atoms with Crippen molar-refractivity contribution in [2.24, 2.45) is 0 Å². The van der Waals surface area contributed by atoms with Crippen molar-refractivity contribution in [3.63, 3.8) is 0 Å². The molecule has 3 rings (SSSR count). The Morgan fingerprint density at radius 2 is 2.13 bits per heavy atom. The number of halogens is 3. The van der Waals surface area contributed by atoms with Gasteiger partial charge in [-0.15, -0.1) is 0 Å². The Morgan fingerprint density at radius 3 is 2.87 bits per heavy atom. The standard InChI is InChI=1S/C15H10BrF2N3O2/c1-8-10(3-2-4-11(8)17)9-5-6-12-19-14(20-15(22)23-18)13(16)21(12)7-9/h2-7H,1H3,(H,20,22). The lowest BCUT2D eigenvalue weighted by Crippen LogP contribution is -2.09. The van der Waals surface area contributed by atoms with Gasteiger partial charge in [0.2, 0.25) is 0 Å². The smallest absolute Gasteiger partial charge is 0.292 e. The molecule has 5 nitrogen and oxygen atoms in total. The molecule has 0 saturated carbocycles. The van der Waals surface area contributed by atoms with Gasteiger partial charge in [0.05, 0.1) is 0 Å². The first-order chi connectivity index (χ1) is 11.0. The summed E-state index contributed by atoms with van der Waals surface area (Å²) >= 11 is 3.28. The molecule has 23 heavy (non-hydrogen) atoms. The highest BCUT2D eigenvalue weighted by molar-refractivity contribution is 9.10. The van der Waals surface area contributed by atoms with E-state index in [2.05, 4.69) is 31.2 Å². The maximum absolute atomic E-state index is 13.7. The second kappa shape index (κ2) is 5.96. The van der Waals surface area contributed by atoms with Gasteiger partial charge < -0.3 is 0 Å². The molecule has 8 heteroatoms. The number of anilines is 1. The molecule has 0 radical (unpaired) electrons. The van der Waals surface area contributed by atoms with Gasteiger partial charge in [-0.3, -0.25) is 9.72 Å². The van der Waals surface area contributed by atoms with E-state index in [1.807, 2.05) is 6.07 Å². The van der Waals surface area contributed by atoms with Crippen LogP contribution in [0, 0.1) is 12.7 Å². The molecule has 0 unspecified atom stereocenters. The summed E-state index contributed by atoms with van der Waals surface area (Å²) in [5.41, 5.74) is 2.56. The lowest BCUT2D eigenvalue weighted by atomic mass is 10.0. The van der Waals surface area contributed by atoms with Gasteiger partial charge in [0, 0.05) is 10.7 Å². The molecule has 0 aliphatic heterocycles. The minimum atomic E-state index is -1.27. The van der Waals surface area contributed by atoms with Crippen molar-refractivity contribution < 1.29 is 18.7 Å². The zero-order valence-electron chi connectivity index (χ0n) is 11.8. The highest BCUT2D eigenvalue weighted by Crippen LogP contribution is 2.29. The Hall–Kier alpha value is -2.48. The summed E-state index contributed by atoms with van der Waals surface area (Å²) < 4.78 is 27.6. The molecule has 1 N–H and O–H groups in total. The van der Waals surface area contributed by atoms with Crippen LogP contribution in [0.15, 0.2) is 41.1 Å². The summed E-state index contributed by atoms with van der Waals surface area (Å²) in [7, 11) is 0. The second-order valence-corrected chi connectivity index (χ2v) is 5.55. The molecule has 0 atom stereocenters. The molecule has 0 saturated heterocycles. The third-order valence-electron chi connectivity index (χ3n) is 3.43. The first-order valence-corrected chi connectivity index (χ1v) is 7.33. The molecule has 0 fully saturated rings. The number of nitrogens with zero attached hydrogens (tertiary/aromatic N) is 2. The van der Waals surface area contributed by atoms with Crippen molar-refractivity contribution in [2.75, 3.05) is 5.32 Å². The van der Waals surface area contributed by atoms with Gasteiger partial charge >= 0.3 is 6.09 Å². The van der Waals surface area contributed by atoms with Crippen LogP contribution in [0.4, 0.5) is 19.5 Å². The van der Waals surface area contributed by atoms with E-state index in [1.54, 1.807) is 35.7 Å². The number of hydrogen-bond acceptors (Lipinski definition) is 3. The van der Waals surface area contributed by atoms with Gasteiger partial charge in [-0.2, -0.15) is 0 Å². The number of carbonyl (C=O) groups is 1. The van der Waals surface area contributed by atoms with E-state index in [1.165, 1.54) is 6.07 Å². The Balaban J connectivity index is 2.10. The molecule has 1 aromatic carbocycles. The fourth-order valence-electron chi connectivity index (χ4n) is 2.29. The van der Waals surface area contributed by atoms with E-state index in [0.29, 0.717) is 15.8 Å². The number of benzene rings is 1. The van der Waals surface area contributed by atoms with E-state index in [-0.39, 0.29) is 11.6 Å². The number of fused-ring (bicyclic) bond motifs is 1. The number of nitrogens with one attached hydrogen (secondary N) is 1. The lowest BCUT2D eigenvalue weighted by molar-refractivity contribution is -0.0544. The Bertz CT molecular complexity index is 911. The van der Waals surface area contributed by atoms with Crippen LogP contribution in [0.5, 0.6) is 0 Å². The number of aromatic nitrogens is 2. The van der Waals surface area contributed by atoms with Crippen molar-refractivity contribution in [1.82, 2.24) is 9.38 Å². The van der Waals surface area contributed by atoms with E-state index >= 15 is 0 Å². The molecular formula is C15H10BrF2N3O2. The quantitative estimate of drug-likeness (QED) is 0.703. The van der Waals surface area contributed by atoms with Crippen LogP contribution in [0.2, 0.25) is 0 Å². The average molecular weight is 382 g/mol. The number of carbonyl (C=O) groups excluding carboxylic acids is 1. The van der Waals surface area contributed by atoms with Crippen LogP contribution in [-0.2, 0) is 4.94 Å². The van der Waals surface area contributed by atoms with Crippen LogP contribution in [0.3, 0.4) is 0 Å². The van der Waals surface area contributed by atoms with Crippen molar-refractivity contribution in [1.29, 1.82) is 0 Å². The van der Waals surface area contributed by atoms with Crippen molar-refractivity contribution in [3.8, 4) is 11.1 Å². The molecule has 0 spiro atoms. The summed E-state index contributed by atoms with van der Waals surface area (Å²) in [6, 6.07) is 8.33. The van der Waals surface area contributed by atoms with Crippen molar-refractivity contribution in [2.45, 2.75) is 6.92 Å². The van der Waals surface area contributed by atoms with E-state index in [0.717, 1.165) is 11.1 Å². The summed E-state index contributed by atoms with van der Waals surface area (Å²) in [5, 5.41) is 2.15. The highest BCUT2D eigenvalue weighted by atomic mass is 79.9. The number of imidazole rings is 1. The molecule has 1 amide bonds. The van der Waals surface area contributed by atoms with E-state index in [4.69, 9.17) is 0 Å². The summed E-state index contributed by atoms with van der Waals surface area (Å²) in [4.78, 5) is 18.2. The van der Waals surface area contributed by atoms with Gasteiger partial charge in [-0.25, -0.2) is 19.1 Å². The number of rotatable bonds is 2. The molecule has 0 bridgehead atoms. The zero-order valence-corrected chi connectivity index (χ0v) is 13.4. The minimum absolute atomic E-state index is 0.112. The second-order valence-electron chi connectivity index (χ2n) is 4.80. The summed E-state index contributed by atoms with van der Waals surface area (Å²) in [6.45, 7) is 1.70. The first-order valence-electron chi connectivity index (χ1n) is 6.54. The normalized spacial score (nSPS) is 10.8. The van der Waals surface area contributed by atoms with Crippen molar-refractivity contribution in [3.05, 3.63) is 52.5 Å². The molecule has 118 valence electrons. The molecule has 2 aromatic heterocycles. The van der Waals surface area contributed by atoms with Crippen LogP contribution < -0.4 is 5.32 Å². The summed E-state index contributed by atoms with van der Waals surface area (Å²) in [5.74, 6) is -0.180. The number of hydrogen-bond donors (Lipinski definition) is 1. The van der Waals surface area contributed by atoms with Crippen LogP contribution in [-0.4, -0.2) is 15.5 Å². The first kappa shape index (κ1) is 15.4. The lowest BCUT2D eigenvalue weighted by Gasteiger charge is -2.07. The average Bonchev–Trinajstić information content (AvgIpc) is 2.85. The van der Waals surface area contributed by atoms with Gasteiger partial charge in [-0.05, 0) is 57.7 Å². The third-order valence-corrected chi connectivity index (χ3v) is 4.19. The predicted octanol–water partition coefficient (Wildman–Crippen LogP) is 4.64. The van der Waals surface area contributed by atoms with Gasteiger partial charge in [0.25, 0.3) is 0 Å². The van der Waals surface area contributed by atoms with Crippen molar-refractivity contribution >= 4 is 33.5 Å². The molecule has 0 aliphatic carbocycles. The maximum atomic E-state index is 13.7. The molecule has 0 aliphatic rings. The summed E-state index contributed by atoms with van der Waals surface area (Å²) in [6.07, 6.45) is 0.468. The third kappa shape index (κ3) is 2.77. The minimum Gasteiger partial charge on any atom is -0.292 e. The topological polar surface area (TPSA) is 55.6 Å². The van der Waals surface area contributed by atoms with Crippen LogP contribution >= 0.6 is 15.9 Å². The Morgan fingerprint density at radius 1 is 1.35 bits per heavy atom. The maximum Gasteiger partial charge on any atom is 0.450 e. The highest BCUT2D eigenvalue weighted by Gasteiger charge is 2.15. The molecular weight excluding hydrogens is 372 g/mol. The Kier molecular flexibility index (Phi) is 3.99. The fourth-order valence-corrected chi connectivity index (χ4v) is 2.76. The molecule has 2 heterocycles. The zero-order chi connectivity index (χ0) is 16.6. The van der Waals surface area contributed by atoms with Gasteiger partial charge in [-0.1, -0.05) is 12.1 Å². The largest absolute Gasteiger partial charge is 0.450 e. The number of amides is 1. The Labute approximate surface area is 137 Å². The van der Waals surface area contributed by atoms with Crippen LogP contribution in [0.25, 0.3) is 16.8 Å². The predicted molar refractivity (Wildman–Crippen MR) is 84.2 cm³/mol. The fraction of sp³-hybridized carbons (Fsp3) is 0.0667. The monoisotopic (exact) mass is 381 g/mol. The SMILES string of the molecule is Cc1c(F)cccc1-c1ccc2nc(NC(=O)OF)c(Br)n2c1. The van der Waals surface area contributed by atoms with Gasteiger partial charge in [0.1, 0.15) is 16.1 Å². The van der Waals surface area contributed by atoms with E-state index in [9.17, 15) is 13.7 Å². The van der Waals surface area contributed by atoms with E-state index < -0.39 is 6.09 Å².